The van der Waals surface area contributed by atoms with Crippen LogP contribution in [0.2, 0.25) is 0 Å². The number of amides is 1. The van der Waals surface area contributed by atoms with Gasteiger partial charge in [-0.3, -0.25) is 4.79 Å². The van der Waals surface area contributed by atoms with Gasteiger partial charge < -0.3 is 10.5 Å². The third-order valence-electron chi connectivity index (χ3n) is 3.00. The minimum Gasteiger partial charge on any atom is -0.496 e. The number of nitrogens with two attached hydrogens (primary N) is 1. The molecule has 0 aliphatic heterocycles. The van der Waals surface area contributed by atoms with Crippen LogP contribution in [0.3, 0.4) is 0 Å². The highest BCUT2D eigenvalue weighted by molar-refractivity contribution is 7.18. The minimum absolute atomic E-state index is 0.332. The van der Waals surface area contributed by atoms with Crippen LogP contribution in [0.4, 0.5) is 5.00 Å². The Morgan fingerprint density at radius 2 is 2.23 bits per heavy atom. The standard InChI is InChI=1S/C15H14N4O2S/c1-9-11(7-16)14(17)22-13(9)15(20)19-18-8-10-5-3-4-6-12(10)21-2/h3-6,8H,17H2,1-2H3,(H,19,20)/b18-8-. The number of rotatable bonds is 4. The molecule has 0 bridgehead atoms. The van der Waals surface area contributed by atoms with Crippen LogP contribution in [0.1, 0.15) is 26.4 Å². The largest absolute Gasteiger partial charge is 0.496 e. The molecule has 22 heavy (non-hydrogen) atoms. The number of carbonyl (C=O) groups excluding carboxylic acids is 1. The van der Waals surface area contributed by atoms with E-state index in [1.165, 1.54) is 6.21 Å². The number of nitrogens with one attached hydrogen (secondary N) is 1. The summed E-state index contributed by atoms with van der Waals surface area (Å²) in [4.78, 5) is 12.5. The summed E-state index contributed by atoms with van der Waals surface area (Å²) in [5, 5.41) is 13.2. The number of nitrogen functional groups attached to an aromatic ring is 1. The first-order valence-corrected chi connectivity index (χ1v) is 7.15. The molecule has 7 heteroatoms. The van der Waals surface area contributed by atoms with Crippen molar-refractivity contribution >= 4 is 28.5 Å². The second-order valence-corrected chi connectivity index (χ2v) is 5.40. The second kappa shape index (κ2) is 6.74. The van der Waals surface area contributed by atoms with E-state index in [-0.39, 0.29) is 0 Å². The van der Waals surface area contributed by atoms with Gasteiger partial charge >= 0.3 is 0 Å². The van der Waals surface area contributed by atoms with Crippen molar-refractivity contribution in [1.29, 1.82) is 5.26 Å². The second-order valence-electron chi connectivity index (χ2n) is 4.35. The molecular weight excluding hydrogens is 300 g/mol. The SMILES string of the molecule is COc1ccccc1/C=N\NC(=O)c1sc(N)c(C#N)c1C. The number of hydrogen-bond acceptors (Lipinski definition) is 6. The maximum absolute atomic E-state index is 12.1. The predicted molar refractivity (Wildman–Crippen MR) is 86.2 cm³/mol. The molecule has 3 N–H and O–H groups in total. The van der Waals surface area contributed by atoms with Gasteiger partial charge in [-0.15, -0.1) is 11.3 Å². The summed E-state index contributed by atoms with van der Waals surface area (Å²) in [6, 6.07) is 9.29. The summed E-state index contributed by atoms with van der Waals surface area (Å²) < 4.78 is 5.19. The number of ether oxygens (including phenoxy) is 1. The zero-order valence-electron chi connectivity index (χ0n) is 12.1. The van der Waals surface area contributed by atoms with E-state index in [2.05, 4.69) is 10.5 Å². The lowest BCUT2D eigenvalue weighted by Gasteiger charge is -2.03. The first-order valence-electron chi connectivity index (χ1n) is 6.33. The Kier molecular flexibility index (Phi) is 4.76. The predicted octanol–water partition coefficient (Wildman–Crippen LogP) is 2.28. The van der Waals surface area contributed by atoms with Crippen LogP contribution in [0.5, 0.6) is 5.75 Å². The third-order valence-corrected chi connectivity index (χ3v) is 4.12. The fourth-order valence-electron chi connectivity index (χ4n) is 1.88. The number of anilines is 1. The summed E-state index contributed by atoms with van der Waals surface area (Å²) in [6.07, 6.45) is 1.49. The molecule has 0 aliphatic rings. The van der Waals surface area contributed by atoms with Crippen LogP contribution >= 0.6 is 11.3 Å². The van der Waals surface area contributed by atoms with E-state index >= 15 is 0 Å². The van der Waals surface area contributed by atoms with Crippen molar-refractivity contribution in [3.63, 3.8) is 0 Å². The van der Waals surface area contributed by atoms with Crippen molar-refractivity contribution in [2.24, 2.45) is 5.10 Å². The van der Waals surface area contributed by atoms with E-state index in [0.29, 0.717) is 26.8 Å². The van der Waals surface area contributed by atoms with E-state index in [0.717, 1.165) is 16.9 Å². The summed E-state index contributed by atoms with van der Waals surface area (Å²) in [5.74, 6) is 0.255. The maximum atomic E-state index is 12.1. The van der Waals surface area contributed by atoms with E-state index in [9.17, 15) is 4.79 Å². The van der Waals surface area contributed by atoms with E-state index in [1.807, 2.05) is 24.3 Å². The molecule has 6 nitrogen and oxygen atoms in total. The number of methoxy groups -OCH3 is 1. The Balaban J connectivity index is 2.14. The summed E-state index contributed by atoms with van der Waals surface area (Å²) in [7, 11) is 1.56. The van der Waals surface area contributed by atoms with Crippen LogP contribution in [0.25, 0.3) is 0 Å². The number of para-hydroxylation sites is 1. The lowest BCUT2D eigenvalue weighted by Crippen LogP contribution is -2.17. The van der Waals surface area contributed by atoms with E-state index in [4.69, 9.17) is 15.7 Å². The lowest BCUT2D eigenvalue weighted by atomic mass is 10.2. The number of carbonyl (C=O) groups is 1. The number of hydrazone groups is 1. The molecule has 0 aliphatic carbocycles. The summed E-state index contributed by atoms with van der Waals surface area (Å²) in [6.45, 7) is 1.68. The Labute approximate surface area is 131 Å². The fourth-order valence-corrected chi connectivity index (χ4v) is 2.79. The van der Waals surface area contributed by atoms with Crippen LogP contribution in [0.15, 0.2) is 29.4 Å². The van der Waals surface area contributed by atoms with Crippen molar-refractivity contribution in [3.05, 3.63) is 45.8 Å². The van der Waals surface area contributed by atoms with Crippen LogP contribution in [-0.4, -0.2) is 19.2 Å². The molecule has 1 aromatic heterocycles. The Morgan fingerprint density at radius 3 is 2.86 bits per heavy atom. The lowest BCUT2D eigenvalue weighted by molar-refractivity contribution is 0.0958. The first-order chi connectivity index (χ1) is 10.6. The zero-order chi connectivity index (χ0) is 16.1. The molecular formula is C15H14N4O2S. The third kappa shape index (κ3) is 3.07. The van der Waals surface area contributed by atoms with Crippen LogP contribution < -0.4 is 15.9 Å². The highest BCUT2D eigenvalue weighted by Gasteiger charge is 2.18. The maximum Gasteiger partial charge on any atom is 0.281 e. The monoisotopic (exact) mass is 314 g/mol. The van der Waals surface area contributed by atoms with Gasteiger partial charge in [-0.05, 0) is 24.6 Å². The first kappa shape index (κ1) is 15.5. The molecule has 0 saturated carbocycles. The number of nitrogens with zero attached hydrogens (tertiary/aromatic N) is 2. The molecule has 112 valence electrons. The molecule has 0 fully saturated rings. The van der Waals surface area contributed by atoms with Gasteiger partial charge in [0.1, 0.15) is 21.7 Å². The molecule has 1 heterocycles. The summed E-state index contributed by atoms with van der Waals surface area (Å²) >= 11 is 1.07. The fraction of sp³-hybridized carbons (Fsp3) is 0.133. The van der Waals surface area contributed by atoms with E-state index in [1.54, 1.807) is 20.1 Å². The zero-order valence-corrected chi connectivity index (χ0v) is 12.9. The Morgan fingerprint density at radius 1 is 1.50 bits per heavy atom. The van der Waals surface area contributed by atoms with Gasteiger partial charge in [0, 0.05) is 5.56 Å². The molecule has 0 atom stereocenters. The highest BCUT2D eigenvalue weighted by Crippen LogP contribution is 2.29. The molecule has 0 radical (unpaired) electrons. The van der Waals surface area contributed by atoms with Crippen molar-refractivity contribution < 1.29 is 9.53 Å². The molecule has 1 amide bonds. The molecule has 0 spiro atoms. The number of hydrogen-bond donors (Lipinski definition) is 2. The minimum atomic E-state index is -0.401. The van der Waals surface area contributed by atoms with Crippen molar-refractivity contribution in [3.8, 4) is 11.8 Å². The molecule has 2 rings (SSSR count). The number of thiophene rings is 1. The highest BCUT2D eigenvalue weighted by atomic mass is 32.1. The van der Waals surface area contributed by atoms with Gasteiger partial charge in [-0.25, -0.2) is 5.43 Å². The summed E-state index contributed by atoms with van der Waals surface area (Å²) in [5.41, 5.74) is 9.78. The van der Waals surface area contributed by atoms with Crippen molar-refractivity contribution in [2.75, 3.05) is 12.8 Å². The normalized spacial score (nSPS) is 10.4. The van der Waals surface area contributed by atoms with Crippen LogP contribution in [-0.2, 0) is 0 Å². The van der Waals surface area contributed by atoms with Gasteiger partial charge in [-0.1, -0.05) is 12.1 Å². The average Bonchev–Trinajstić information content (AvgIpc) is 2.82. The van der Waals surface area contributed by atoms with Gasteiger partial charge in [0.25, 0.3) is 5.91 Å². The van der Waals surface area contributed by atoms with E-state index < -0.39 is 5.91 Å². The topological polar surface area (TPSA) is 100 Å². The van der Waals surface area contributed by atoms with Gasteiger partial charge in [-0.2, -0.15) is 10.4 Å². The number of nitriles is 1. The van der Waals surface area contributed by atoms with Gasteiger partial charge in [0.05, 0.1) is 18.9 Å². The van der Waals surface area contributed by atoms with Gasteiger partial charge in [0.2, 0.25) is 0 Å². The Bertz CT molecular complexity index is 774. The number of benzene rings is 1. The van der Waals surface area contributed by atoms with Gasteiger partial charge in [0.15, 0.2) is 0 Å². The molecule has 1 aromatic carbocycles. The van der Waals surface area contributed by atoms with Crippen LogP contribution in [0, 0.1) is 18.3 Å². The molecule has 0 saturated heterocycles. The molecule has 2 aromatic rings. The van der Waals surface area contributed by atoms with Crippen molar-refractivity contribution in [1.82, 2.24) is 5.43 Å². The average molecular weight is 314 g/mol. The molecule has 0 unspecified atom stereocenters. The van der Waals surface area contributed by atoms with Crippen molar-refractivity contribution in [2.45, 2.75) is 6.92 Å². The quantitative estimate of drug-likeness (QED) is 0.668. The Hall–Kier alpha value is -2.85. The smallest absolute Gasteiger partial charge is 0.281 e.